The number of amides is 2. The van der Waals surface area contributed by atoms with E-state index in [9.17, 15) is 18.0 Å². The molecular formula is C12H15F3N2O. The third-order valence-corrected chi connectivity index (χ3v) is 2.31. The zero-order valence-corrected chi connectivity index (χ0v) is 10.2. The minimum atomic E-state index is -4.40. The number of alkyl halides is 3. The van der Waals surface area contributed by atoms with Gasteiger partial charge in [0.05, 0.1) is 0 Å². The van der Waals surface area contributed by atoms with Gasteiger partial charge < -0.3 is 5.32 Å². The quantitative estimate of drug-likeness (QED) is 0.889. The summed E-state index contributed by atoms with van der Waals surface area (Å²) >= 11 is 0. The summed E-state index contributed by atoms with van der Waals surface area (Å²) in [6.45, 7) is 2.53. The maximum atomic E-state index is 12.0. The highest BCUT2D eigenvalue weighted by atomic mass is 19.4. The molecule has 1 aromatic rings. The van der Waals surface area contributed by atoms with Gasteiger partial charge in [0.25, 0.3) is 0 Å². The van der Waals surface area contributed by atoms with Crippen molar-refractivity contribution in [2.75, 3.05) is 18.0 Å². The molecule has 1 aromatic carbocycles. The van der Waals surface area contributed by atoms with Crippen molar-refractivity contribution in [1.82, 2.24) is 5.32 Å². The Kier molecular flexibility index (Phi) is 4.58. The van der Waals surface area contributed by atoms with Crippen molar-refractivity contribution >= 4 is 11.7 Å². The molecule has 2 amide bonds. The van der Waals surface area contributed by atoms with E-state index in [4.69, 9.17) is 0 Å². The summed E-state index contributed by atoms with van der Waals surface area (Å²) < 4.78 is 36.1. The molecule has 0 bridgehead atoms. The molecule has 0 aliphatic carbocycles. The van der Waals surface area contributed by atoms with E-state index in [0.717, 1.165) is 5.56 Å². The fourth-order valence-electron chi connectivity index (χ4n) is 1.51. The Morgan fingerprint density at radius 1 is 1.39 bits per heavy atom. The molecule has 1 rings (SSSR count). The molecule has 0 aliphatic rings. The molecule has 1 N–H and O–H groups in total. The second-order valence-corrected chi connectivity index (χ2v) is 3.86. The molecule has 6 heteroatoms. The molecule has 3 nitrogen and oxygen atoms in total. The number of carbonyl (C=O) groups excluding carboxylic acids is 1. The third-order valence-electron chi connectivity index (χ3n) is 2.31. The van der Waals surface area contributed by atoms with Crippen LogP contribution in [-0.2, 0) is 0 Å². The monoisotopic (exact) mass is 260 g/mol. The molecule has 0 aromatic heterocycles. The van der Waals surface area contributed by atoms with Crippen LogP contribution in [0.1, 0.15) is 12.5 Å². The van der Waals surface area contributed by atoms with Gasteiger partial charge in [-0.05, 0) is 31.5 Å². The van der Waals surface area contributed by atoms with Gasteiger partial charge >= 0.3 is 12.2 Å². The minimum absolute atomic E-state index is 0.299. The second kappa shape index (κ2) is 5.75. The van der Waals surface area contributed by atoms with Crippen molar-refractivity contribution in [3.8, 4) is 0 Å². The van der Waals surface area contributed by atoms with Crippen molar-refractivity contribution in [3.05, 3.63) is 29.8 Å². The fraction of sp³-hybridized carbons (Fsp3) is 0.417. The first kappa shape index (κ1) is 14.3. The molecule has 0 radical (unpaired) electrons. The van der Waals surface area contributed by atoms with Gasteiger partial charge in [-0.25, -0.2) is 4.79 Å². The molecule has 0 unspecified atom stereocenters. The molecule has 0 saturated heterocycles. The van der Waals surface area contributed by atoms with Crippen molar-refractivity contribution in [3.63, 3.8) is 0 Å². The van der Waals surface area contributed by atoms with E-state index in [1.54, 1.807) is 25.1 Å². The Bertz CT molecular complexity index is 418. The molecule has 0 fully saturated rings. The molecule has 0 heterocycles. The van der Waals surface area contributed by atoms with Crippen LogP contribution < -0.4 is 10.2 Å². The number of nitrogens with one attached hydrogen (secondary N) is 1. The van der Waals surface area contributed by atoms with Crippen molar-refractivity contribution in [1.29, 1.82) is 0 Å². The molecule has 0 aliphatic heterocycles. The van der Waals surface area contributed by atoms with Crippen molar-refractivity contribution in [2.45, 2.75) is 20.0 Å². The Balaban J connectivity index is 2.75. The van der Waals surface area contributed by atoms with Crippen LogP contribution in [0.5, 0.6) is 0 Å². The van der Waals surface area contributed by atoms with Crippen LogP contribution in [0.15, 0.2) is 24.3 Å². The number of nitrogens with zero attached hydrogens (tertiary/aromatic N) is 1. The number of aryl methyl sites for hydroxylation is 1. The maximum Gasteiger partial charge on any atom is 0.405 e. The largest absolute Gasteiger partial charge is 0.405 e. The predicted octanol–water partition coefficient (Wildman–Crippen LogP) is 3.09. The average molecular weight is 260 g/mol. The van der Waals surface area contributed by atoms with E-state index >= 15 is 0 Å². The number of urea groups is 1. The highest BCUT2D eigenvalue weighted by Crippen LogP contribution is 2.17. The summed E-state index contributed by atoms with van der Waals surface area (Å²) in [5.74, 6) is 0. The predicted molar refractivity (Wildman–Crippen MR) is 63.7 cm³/mol. The Labute approximate surface area is 104 Å². The van der Waals surface area contributed by atoms with Crippen LogP contribution >= 0.6 is 0 Å². The number of halogens is 3. The summed E-state index contributed by atoms with van der Waals surface area (Å²) in [5.41, 5.74) is 1.52. The minimum Gasteiger partial charge on any atom is -0.329 e. The lowest BCUT2D eigenvalue weighted by atomic mass is 10.2. The van der Waals surface area contributed by atoms with Gasteiger partial charge in [0, 0.05) is 12.2 Å². The van der Waals surface area contributed by atoms with E-state index in [1.807, 2.05) is 18.3 Å². The molecule has 0 spiro atoms. The first-order valence-corrected chi connectivity index (χ1v) is 5.52. The number of carbonyl (C=O) groups is 1. The lowest BCUT2D eigenvalue weighted by Gasteiger charge is -2.22. The average Bonchev–Trinajstić information content (AvgIpc) is 2.26. The van der Waals surface area contributed by atoms with E-state index < -0.39 is 18.8 Å². The normalized spacial score (nSPS) is 11.2. The van der Waals surface area contributed by atoms with Gasteiger partial charge in [0.2, 0.25) is 0 Å². The zero-order chi connectivity index (χ0) is 13.8. The molecule has 18 heavy (non-hydrogen) atoms. The van der Waals surface area contributed by atoms with Gasteiger partial charge in [-0.3, -0.25) is 4.90 Å². The number of hydrogen-bond acceptors (Lipinski definition) is 1. The Morgan fingerprint density at radius 2 is 2.06 bits per heavy atom. The van der Waals surface area contributed by atoms with Gasteiger partial charge in [-0.1, -0.05) is 12.1 Å². The number of hydrogen-bond donors (Lipinski definition) is 1. The molecular weight excluding hydrogens is 245 g/mol. The first-order valence-electron chi connectivity index (χ1n) is 5.52. The van der Waals surface area contributed by atoms with Crippen LogP contribution in [0.25, 0.3) is 0 Å². The van der Waals surface area contributed by atoms with Crippen LogP contribution in [0.2, 0.25) is 0 Å². The van der Waals surface area contributed by atoms with E-state index in [1.165, 1.54) is 4.90 Å². The van der Waals surface area contributed by atoms with Gasteiger partial charge in [0.15, 0.2) is 0 Å². The highest BCUT2D eigenvalue weighted by molar-refractivity contribution is 5.91. The van der Waals surface area contributed by atoms with E-state index in [2.05, 4.69) is 0 Å². The standard InChI is InChI=1S/C12H15F3N2O/c1-3-17(10-6-4-5-9(2)7-10)11(18)16-8-12(13,14)15/h4-7H,3,8H2,1-2H3,(H,16,18). The smallest absolute Gasteiger partial charge is 0.329 e. The van der Waals surface area contributed by atoms with Gasteiger partial charge in [0.1, 0.15) is 6.54 Å². The summed E-state index contributed by atoms with van der Waals surface area (Å²) in [6.07, 6.45) is -4.40. The van der Waals surface area contributed by atoms with Crippen LogP contribution in [0.4, 0.5) is 23.7 Å². The summed E-state index contributed by atoms with van der Waals surface area (Å²) in [4.78, 5) is 12.9. The highest BCUT2D eigenvalue weighted by Gasteiger charge is 2.28. The number of anilines is 1. The zero-order valence-electron chi connectivity index (χ0n) is 10.2. The van der Waals surface area contributed by atoms with Crippen molar-refractivity contribution in [2.24, 2.45) is 0 Å². The molecule has 0 atom stereocenters. The van der Waals surface area contributed by atoms with E-state index in [-0.39, 0.29) is 0 Å². The van der Waals surface area contributed by atoms with Crippen molar-refractivity contribution < 1.29 is 18.0 Å². The van der Waals surface area contributed by atoms with Gasteiger partial charge in [-0.2, -0.15) is 13.2 Å². The SMILES string of the molecule is CCN(C(=O)NCC(F)(F)F)c1cccc(C)c1. The third kappa shape index (κ3) is 4.27. The van der Waals surface area contributed by atoms with Crippen LogP contribution in [0.3, 0.4) is 0 Å². The fourth-order valence-corrected chi connectivity index (χ4v) is 1.51. The van der Waals surface area contributed by atoms with Gasteiger partial charge in [-0.15, -0.1) is 0 Å². The number of rotatable bonds is 3. The molecule has 0 saturated carbocycles. The second-order valence-electron chi connectivity index (χ2n) is 3.86. The topological polar surface area (TPSA) is 32.3 Å². The van der Waals surface area contributed by atoms with Crippen LogP contribution in [0, 0.1) is 6.92 Å². The summed E-state index contributed by atoms with van der Waals surface area (Å²) in [6, 6.07) is 6.29. The lowest BCUT2D eigenvalue weighted by molar-refractivity contribution is -0.122. The number of benzene rings is 1. The lowest BCUT2D eigenvalue weighted by Crippen LogP contribution is -2.43. The summed E-state index contributed by atoms with van der Waals surface area (Å²) in [7, 11) is 0. The Hall–Kier alpha value is -1.72. The maximum absolute atomic E-state index is 12.0. The van der Waals surface area contributed by atoms with E-state index in [0.29, 0.717) is 12.2 Å². The first-order chi connectivity index (χ1) is 8.33. The summed E-state index contributed by atoms with van der Waals surface area (Å²) in [5, 5.41) is 1.85. The van der Waals surface area contributed by atoms with Crippen LogP contribution in [-0.4, -0.2) is 25.3 Å². The molecule has 100 valence electrons. The Morgan fingerprint density at radius 3 is 2.56 bits per heavy atom.